The molecule has 2 bridgehead atoms. The van der Waals surface area contributed by atoms with Gasteiger partial charge >= 0.3 is 0 Å². The van der Waals surface area contributed by atoms with Crippen LogP contribution in [0.1, 0.15) is 18.9 Å². The lowest BCUT2D eigenvalue weighted by Gasteiger charge is -2.52. The highest BCUT2D eigenvalue weighted by atomic mass is 35.5. The van der Waals surface area contributed by atoms with Crippen LogP contribution >= 0.6 is 24.8 Å². The zero-order chi connectivity index (χ0) is 19.3. The maximum Gasteiger partial charge on any atom is 0.138 e. The Hall–Kier alpha value is -2.53. The van der Waals surface area contributed by atoms with Gasteiger partial charge in [-0.1, -0.05) is 0 Å². The summed E-state index contributed by atoms with van der Waals surface area (Å²) in [6.45, 7) is 4.47. The van der Waals surface area contributed by atoms with Crippen LogP contribution < -0.4 is 15.4 Å². The molecule has 30 heavy (non-hydrogen) atoms. The van der Waals surface area contributed by atoms with E-state index in [0.717, 1.165) is 35.6 Å². The number of nitrogens with two attached hydrogens (primary N) is 1. The number of nitriles is 1. The fourth-order valence-corrected chi connectivity index (χ4v) is 4.49. The van der Waals surface area contributed by atoms with Gasteiger partial charge in [0.25, 0.3) is 0 Å². The fraction of sp³-hybridized carbons (Fsp3) is 0.381. The van der Waals surface area contributed by atoms with Gasteiger partial charge in [-0.3, -0.25) is 0 Å². The van der Waals surface area contributed by atoms with Crippen LogP contribution in [0, 0.1) is 23.2 Å². The van der Waals surface area contributed by atoms with Crippen molar-refractivity contribution in [2.24, 2.45) is 17.6 Å². The molecule has 7 nitrogen and oxygen atoms in total. The summed E-state index contributed by atoms with van der Waals surface area (Å²) in [5.74, 6) is 2.88. The van der Waals surface area contributed by atoms with E-state index in [1.54, 1.807) is 16.9 Å². The van der Waals surface area contributed by atoms with E-state index >= 15 is 0 Å². The van der Waals surface area contributed by atoms with Crippen LogP contribution in [0.5, 0.6) is 5.75 Å². The maximum absolute atomic E-state index is 9.47. The smallest absolute Gasteiger partial charge is 0.138 e. The monoisotopic (exact) mass is 446 g/mol. The molecule has 3 atom stereocenters. The van der Waals surface area contributed by atoms with Crippen molar-refractivity contribution in [3.8, 4) is 22.9 Å². The van der Waals surface area contributed by atoms with E-state index in [1.165, 1.54) is 6.42 Å². The number of ether oxygens (including phenoxy) is 1. The second kappa shape index (κ2) is 8.68. The van der Waals surface area contributed by atoms with Crippen LogP contribution in [-0.2, 0) is 0 Å². The van der Waals surface area contributed by atoms with Crippen molar-refractivity contribution in [1.82, 2.24) is 14.6 Å². The molecule has 2 aliphatic heterocycles. The largest absolute Gasteiger partial charge is 0.492 e. The number of hydrogen-bond acceptors (Lipinski definition) is 6. The van der Waals surface area contributed by atoms with Gasteiger partial charge in [-0.15, -0.1) is 24.8 Å². The third-order valence-electron chi connectivity index (χ3n) is 6.00. The lowest BCUT2D eigenvalue weighted by molar-refractivity contribution is 0.115. The van der Waals surface area contributed by atoms with Crippen LogP contribution in [0.25, 0.3) is 16.6 Å². The van der Waals surface area contributed by atoms with Crippen LogP contribution in [-0.4, -0.2) is 40.3 Å². The van der Waals surface area contributed by atoms with E-state index in [9.17, 15) is 5.26 Å². The molecule has 6 rings (SSSR count). The summed E-state index contributed by atoms with van der Waals surface area (Å²) >= 11 is 0. The van der Waals surface area contributed by atoms with E-state index in [1.807, 2.05) is 19.2 Å². The highest BCUT2D eigenvalue weighted by Crippen LogP contribution is 2.40. The lowest BCUT2D eigenvalue weighted by Crippen LogP contribution is -2.62. The second-order valence-electron chi connectivity index (χ2n) is 7.63. The minimum Gasteiger partial charge on any atom is -0.492 e. The van der Waals surface area contributed by atoms with Gasteiger partial charge in [-0.2, -0.15) is 10.4 Å². The van der Waals surface area contributed by atoms with Crippen molar-refractivity contribution in [3.05, 3.63) is 42.4 Å². The molecule has 1 aliphatic carbocycles. The van der Waals surface area contributed by atoms with E-state index in [-0.39, 0.29) is 24.8 Å². The average Bonchev–Trinajstić information content (AvgIpc) is 3.16. The van der Waals surface area contributed by atoms with Gasteiger partial charge in [0.05, 0.1) is 30.1 Å². The average molecular weight is 447 g/mol. The normalized spacial score (nSPS) is 21.8. The molecule has 1 saturated carbocycles. The molecule has 158 valence electrons. The number of anilines is 1. The Morgan fingerprint density at radius 2 is 2.00 bits per heavy atom. The summed E-state index contributed by atoms with van der Waals surface area (Å²) in [4.78, 5) is 7.04. The van der Waals surface area contributed by atoms with Crippen LogP contribution in [0.2, 0.25) is 0 Å². The number of halogens is 2. The zero-order valence-corrected chi connectivity index (χ0v) is 18.2. The topological polar surface area (TPSA) is 92.5 Å². The number of rotatable bonds is 4. The molecule has 0 spiro atoms. The molecular weight excluding hydrogens is 423 g/mol. The molecule has 3 fully saturated rings. The molecule has 2 N–H and O–H groups in total. The van der Waals surface area contributed by atoms with Gasteiger partial charge in [0.2, 0.25) is 0 Å². The van der Waals surface area contributed by atoms with Gasteiger partial charge in [0, 0.05) is 36.5 Å². The summed E-state index contributed by atoms with van der Waals surface area (Å²) in [7, 11) is 0. The van der Waals surface area contributed by atoms with E-state index in [4.69, 9.17) is 15.5 Å². The Balaban J connectivity index is 0.00000128. The summed E-state index contributed by atoms with van der Waals surface area (Å²) in [5, 5.41) is 13.8. The first-order valence-corrected chi connectivity index (χ1v) is 9.69. The minimum absolute atomic E-state index is 0. The Kier molecular flexibility index (Phi) is 6.41. The van der Waals surface area contributed by atoms with Crippen LogP contribution in [0.15, 0.2) is 36.8 Å². The summed E-state index contributed by atoms with van der Waals surface area (Å²) in [6.07, 6.45) is 6.50. The highest BCUT2D eigenvalue weighted by molar-refractivity contribution is 5.86. The van der Waals surface area contributed by atoms with Gasteiger partial charge in [-0.25, -0.2) is 9.50 Å². The van der Waals surface area contributed by atoms with Crippen molar-refractivity contribution < 1.29 is 4.74 Å². The molecule has 2 saturated heterocycles. The lowest BCUT2D eigenvalue weighted by atomic mass is 9.67. The third kappa shape index (κ3) is 3.56. The van der Waals surface area contributed by atoms with Crippen molar-refractivity contribution >= 4 is 36.1 Å². The van der Waals surface area contributed by atoms with Gasteiger partial charge < -0.3 is 15.4 Å². The quantitative estimate of drug-likeness (QED) is 0.660. The molecule has 3 aromatic rings. The molecule has 0 aromatic carbocycles. The van der Waals surface area contributed by atoms with E-state index in [2.05, 4.69) is 28.2 Å². The minimum atomic E-state index is 0. The summed E-state index contributed by atoms with van der Waals surface area (Å²) < 4.78 is 7.38. The summed E-state index contributed by atoms with van der Waals surface area (Å²) in [5.41, 5.74) is 9.31. The van der Waals surface area contributed by atoms with Crippen LogP contribution in [0.3, 0.4) is 0 Å². The first-order valence-electron chi connectivity index (χ1n) is 9.69. The number of aromatic nitrogens is 3. The zero-order valence-electron chi connectivity index (χ0n) is 16.6. The number of nitrogens with zero attached hydrogens (tertiary/aromatic N) is 5. The van der Waals surface area contributed by atoms with Gasteiger partial charge in [0.1, 0.15) is 17.6 Å². The third-order valence-corrected chi connectivity index (χ3v) is 6.00. The molecule has 0 radical (unpaired) electrons. The molecule has 9 heteroatoms. The van der Waals surface area contributed by atoms with Gasteiger partial charge in [-0.05, 0) is 43.4 Å². The van der Waals surface area contributed by atoms with Crippen molar-refractivity contribution in [2.75, 3.05) is 24.6 Å². The molecule has 0 unspecified atom stereocenters. The standard InChI is InChI=1S/C21H22N6O.2ClH/c1-2-28-17-6-18(21-16(7-22)9-25-27(21)12-17)13-3-4-19(24-8-13)26-10-14-5-15(11-26)20(14)23;;/h3-4,6,8-9,12,14-15,20H,2,5,10-11,23H2,1H3;2*1H/t14-,15+,20+;;. The van der Waals surface area contributed by atoms with Crippen LogP contribution in [0.4, 0.5) is 5.82 Å². The number of piperidine rings is 2. The molecule has 3 aliphatic rings. The molecule has 5 heterocycles. The second-order valence-corrected chi connectivity index (χ2v) is 7.63. The maximum atomic E-state index is 9.47. The molecule has 0 amide bonds. The van der Waals surface area contributed by atoms with Crippen molar-refractivity contribution in [1.29, 1.82) is 5.26 Å². The first kappa shape index (κ1) is 22.2. The van der Waals surface area contributed by atoms with Gasteiger partial charge in [0.15, 0.2) is 0 Å². The predicted molar refractivity (Wildman–Crippen MR) is 121 cm³/mol. The Labute approximate surface area is 187 Å². The number of fused-ring (bicyclic) bond motifs is 3. The SMILES string of the molecule is CCOc1cc(-c2ccc(N3C[C@H]4C[C@@H](C3)[C@H]4N)nc2)c2c(C#N)cnn2c1.Cl.Cl. The number of hydrogen-bond donors (Lipinski definition) is 1. The predicted octanol–water partition coefficient (Wildman–Crippen LogP) is 3.29. The van der Waals surface area contributed by atoms with Crippen molar-refractivity contribution in [3.63, 3.8) is 0 Å². The Bertz CT molecular complexity index is 1070. The number of pyridine rings is 2. The highest BCUT2D eigenvalue weighted by Gasteiger charge is 2.44. The van der Waals surface area contributed by atoms with E-state index < -0.39 is 0 Å². The Morgan fingerprint density at radius 1 is 1.23 bits per heavy atom. The van der Waals surface area contributed by atoms with E-state index in [0.29, 0.717) is 35.8 Å². The first-order chi connectivity index (χ1) is 13.7. The molecule has 3 aromatic heterocycles. The summed E-state index contributed by atoms with van der Waals surface area (Å²) in [6, 6.07) is 8.64. The molecular formula is C21H24Cl2N6O. The fourth-order valence-electron chi connectivity index (χ4n) is 4.49. The Morgan fingerprint density at radius 3 is 2.60 bits per heavy atom. The van der Waals surface area contributed by atoms with Crippen molar-refractivity contribution in [2.45, 2.75) is 19.4 Å².